The van der Waals surface area contributed by atoms with Gasteiger partial charge in [-0.3, -0.25) is 0 Å². The van der Waals surface area contributed by atoms with Gasteiger partial charge in [0.1, 0.15) is 5.75 Å². The summed E-state index contributed by atoms with van der Waals surface area (Å²) in [6.07, 6.45) is -3.05. The Labute approximate surface area is 154 Å². The largest absolute Gasteiger partial charge is 0.478 e. The predicted molar refractivity (Wildman–Crippen MR) is 93.7 cm³/mol. The average molecular weight is 375 g/mol. The summed E-state index contributed by atoms with van der Waals surface area (Å²) in [6.45, 7) is 2.81. The molecule has 0 amide bonds. The second kappa shape index (κ2) is 7.54. The lowest BCUT2D eigenvalue weighted by molar-refractivity contribution is -0.152. The molecule has 2 aromatic rings. The number of carbonyl (C=O) groups is 1. The molecule has 0 radical (unpaired) electrons. The van der Waals surface area contributed by atoms with Crippen molar-refractivity contribution < 1.29 is 27.8 Å². The molecule has 0 aliphatic heterocycles. The van der Waals surface area contributed by atoms with Gasteiger partial charge in [0, 0.05) is 0 Å². The van der Waals surface area contributed by atoms with Crippen molar-refractivity contribution in [1.82, 2.24) is 0 Å². The number of alkyl halides is 3. The third kappa shape index (κ3) is 5.11. The van der Waals surface area contributed by atoms with Crippen LogP contribution in [-0.4, -0.2) is 16.7 Å². The molecular formula is C20H16F3NO3. The summed E-state index contributed by atoms with van der Waals surface area (Å²) in [5.41, 5.74) is -1.46. The van der Waals surface area contributed by atoms with Crippen molar-refractivity contribution in [1.29, 1.82) is 5.26 Å². The van der Waals surface area contributed by atoms with Crippen LogP contribution in [0.3, 0.4) is 0 Å². The number of allylic oxidation sites excluding steroid dienone is 1. The highest BCUT2D eigenvalue weighted by molar-refractivity contribution is 5.89. The molecule has 27 heavy (non-hydrogen) atoms. The van der Waals surface area contributed by atoms with E-state index in [1.54, 1.807) is 12.1 Å². The average Bonchev–Trinajstić information content (AvgIpc) is 2.60. The number of benzene rings is 2. The zero-order chi connectivity index (χ0) is 20.2. The van der Waals surface area contributed by atoms with Gasteiger partial charge < -0.3 is 9.84 Å². The molecule has 0 saturated carbocycles. The van der Waals surface area contributed by atoms with E-state index in [0.717, 1.165) is 12.1 Å². The van der Waals surface area contributed by atoms with Crippen LogP contribution in [0.5, 0.6) is 5.75 Å². The molecule has 0 bridgehead atoms. The molecule has 0 aliphatic rings. The van der Waals surface area contributed by atoms with Crippen LogP contribution in [0.4, 0.5) is 13.2 Å². The SMILES string of the molecule is CC(C)(Oc1ccc(C=C(C#N)c2cccc(C(F)(F)F)c2)cc1)C(=O)O. The summed E-state index contributed by atoms with van der Waals surface area (Å²) < 4.78 is 43.9. The first-order valence-corrected chi connectivity index (χ1v) is 7.85. The van der Waals surface area contributed by atoms with Gasteiger partial charge in [-0.25, -0.2) is 4.79 Å². The van der Waals surface area contributed by atoms with Gasteiger partial charge >= 0.3 is 12.1 Å². The number of ether oxygens (including phenoxy) is 1. The Hall–Kier alpha value is -3.27. The zero-order valence-corrected chi connectivity index (χ0v) is 14.5. The second-order valence-electron chi connectivity index (χ2n) is 6.23. The van der Waals surface area contributed by atoms with E-state index in [9.17, 15) is 23.2 Å². The number of halogens is 3. The van der Waals surface area contributed by atoms with Gasteiger partial charge in [-0.15, -0.1) is 0 Å². The molecule has 2 aromatic carbocycles. The summed E-state index contributed by atoms with van der Waals surface area (Å²) >= 11 is 0. The summed E-state index contributed by atoms with van der Waals surface area (Å²) in [7, 11) is 0. The van der Waals surface area contributed by atoms with Gasteiger partial charge in [-0.1, -0.05) is 24.3 Å². The number of nitrogens with zero attached hydrogens (tertiary/aromatic N) is 1. The van der Waals surface area contributed by atoms with Crippen LogP contribution >= 0.6 is 0 Å². The quantitative estimate of drug-likeness (QED) is 0.589. The molecule has 2 rings (SSSR count). The van der Waals surface area contributed by atoms with Gasteiger partial charge in [0.2, 0.25) is 0 Å². The molecule has 0 unspecified atom stereocenters. The third-order valence-electron chi connectivity index (χ3n) is 3.70. The molecule has 4 nitrogen and oxygen atoms in total. The summed E-state index contributed by atoms with van der Waals surface area (Å²) in [5.74, 6) is -0.806. The van der Waals surface area contributed by atoms with Gasteiger partial charge in [-0.2, -0.15) is 18.4 Å². The monoisotopic (exact) mass is 375 g/mol. The van der Waals surface area contributed by atoms with Gasteiger partial charge in [0.25, 0.3) is 0 Å². The number of aliphatic carboxylic acids is 1. The van der Waals surface area contributed by atoms with E-state index in [-0.39, 0.29) is 11.1 Å². The number of hydrogen-bond acceptors (Lipinski definition) is 3. The number of carboxylic acid groups (broad SMARTS) is 1. The van der Waals surface area contributed by atoms with Crippen molar-refractivity contribution in [3.63, 3.8) is 0 Å². The van der Waals surface area contributed by atoms with E-state index in [0.29, 0.717) is 11.3 Å². The summed E-state index contributed by atoms with van der Waals surface area (Å²) in [6, 6.07) is 12.6. The van der Waals surface area contributed by atoms with Crippen LogP contribution in [0.15, 0.2) is 48.5 Å². The van der Waals surface area contributed by atoms with Crippen molar-refractivity contribution in [2.45, 2.75) is 25.6 Å². The molecule has 0 fully saturated rings. The second-order valence-corrected chi connectivity index (χ2v) is 6.23. The van der Waals surface area contributed by atoms with E-state index in [1.807, 2.05) is 6.07 Å². The van der Waals surface area contributed by atoms with E-state index in [1.165, 1.54) is 44.2 Å². The molecule has 0 heterocycles. The Morgan fingerprint density at radius 2 is 1.78 bits per heavy atom. The van der Waals surface area contributed by atoms with Crippen LogP contribution in [0.25, 0.3) is 11.6 Å². The van der Waals surface area contributed by atoms with Gasteiger partial charge in [-0.05, 0) is 55.3 Å². The molecule has 0 saturated heterocycles. The Morgan fingerprint density at radius 3 is 2.30 bits per heavy atom. The molecular weight excluding hydrogens is 359 g/mol. The van der Waals surface area contributed by atoms with Crippen LogP contribution in [0.2, 0.25) is 0 Å². The number of hydrogen-bond donors (Lipinski definition) is 1. The topological polar surface area (TPSA) is 70.3 Å². The van der Waals surface area contributed by atoms with Gasteiger partial charge in [0.05, 0.1) is 17.2 Å². The van der Waals surface area contributed by atoms with Crippen molar-refractivity contribution in [2.24, 2.45) is 0 Å². The van der Waals surface area contributed by atoms with Crippen LogP contribution in [0, 0.1) is 11.3 Å². The first kappa shape index (κ1) is 20.0. The highest BCUT2D eigenvalue weighted by atomic mass is 19.4. The van der Waals surface area contributed by atoms with Crippen molar-refractivity contribution in [3.05, 3.63) is 65.2 Å². The highest BCUT2D eigenvalue weighted by Crippen LogP contribution is 2.31. The maximum absolute atomic E-state index is 12.8. The molecule has 7 heteroatoms. The minimum Gasteiger partial charge on any atom is -0.478 e. The maximum atomic E-state index is 12.8. The van der Waals surface area contributed by atoms with Crippen molar-refractivity contribution >= 4 is 17.6 Å². The van der Waals surface area contributed by atoms with Crippen LogP contribution in [0.1, 0.15) is 30.5 Å². The van der Waals surface area contributed by atoms with E-state index >= 15 is 0 Å². The van der Waals surface area contributed by atoms with E-state index < -0.39 is 23.3 Å². The normalized spacial score (nSPS) is 12.4. The highest BCUT2D eigenvalue weighted by Gasteiger charge is 2.31. The zero-order valence-electron chi connectivity index (χ0n) is 14.5. The van der Waals surface area contributed by atoms with Crippen molar-refractivity contribution in [3.8, 4) is 11.8 Å². The minimum atomic E-state index is -4.49. The lowest BCUT2D eigenvalue weighted by Crippen LogP contribution is -2.37. The number of rotatable bonds is 5. The summed E-state index contributed by atoms with van der Waals surface area (Å²) in [5, 5.41) is 18.4. The minimum absolute atomic E-state index is 0.0700. The lowest BCUT2D eigenvalue weighted by Gasteiger charge is -2.21. The Balaban J connectivity index is 2.29. The maximum Gasteiger partial charge on any atom is 0.416 e. The van der Waals surface area contributed by atoms with E-state index in [2.05, 4.69) is 0 Å². The molecule has 0 spiro atoms. The number of nitriles is 1. The fourth-order valence-electron chi connectivity index (χ4n) is 2.18. The van der Waals surface area contributed by atoms with Crippen LogP contribution in [-0.2, 0) is 11.0 Å². The molecule has 0 atom stereocenters. The molecule has 0 aliphatic carbocycles. The first-order valence-electron chi connectivity index (χ1n) is 7.85. The fourth-order valence-corrected chi connectivity index (χ4v) is 2.18. The fraction of sp³-hybridized carbons (Fsp3) is 0.200. The van der Waals surface area contributed by atoms with Crippen LogP contribution < -0.4 is 4.74 Å². The molecule has 0 aromatic heterocycles. The van der Waals surface area contributed by atoms with Crippen molar-refractivity contribution in [2.75, 3.05) is 0 Å². The standard InChI is InChI=1S/C20H16F3NO3/c1-19(2,18(25)26)27-17-8-6-13(7-9-17)10-15(12-24)14-4-3-5-16(11-14)20(21,22)23/h3-11H,1-2H3,(H,25,26). The first-order chi connectivity index (χ1) is 12.5. The van der Waals surface area contributed by atoms with E-state index in [4.69, 9.17) is 9.84 Å². The predicted octanol–water partition coefficient (Wildman–Crippen LogP) is 5.01. The lowest BCUT2D eigenvalue weighted by atomic mass is 10.0. The molecule has 140 valence electrons. The smallest absolute Gasteiger partial charge is 0.416 e. The number of carboxylic acids is 1. The Bertz CT molecular complexity index is 907. The third-order valence-corrected chi connectivity index (χ3v) is 3.70. The van der Waals surface area contributed by atoms with Gasteiger partial charge in [0.15, 0.2) is 5.60 Å². The Kier molecular flexibility index (Phi) is 5.60. The molecule has 1 N–H and O–H groups in total. The Morgan fingerprint density at radius 1 is 1.15 bits per heavy atom. The summed E-state index contributed by atoms with van der Waals surface area (Å²) in [4.78, 5) is 11.1.